The van der Waals surface area contributed by atoms with E-state index in [1.54, 1.807) is 0 Å². The van der Waals surface area contributed by atoms with Crippen molar-refractivity contribution in [3.8, 4) is 11.5 Å². The molecule has 5 heteroatoms. The molecule has 2 aromatic rings. The van der Waals surface area contributed by atoms with Gasteiger partial charge in [0.15, 0.2) is 16.6 Å². The summed E-state index contributed by atoms with van der Waals surface area (Å²) >= 11 is 5.35. The molecule has 2 rings (SSSR count). The molecule has 0 bridgehead atoms. The van der Waals surface area contributed by atoms with Gasteiger partial charge >= 0.3 is 0 Å². The standard InChI is InChI=1S/C20H26N2O2S/c1-4-23-18-10-9-16(14-19(18)24-5-2)11-12-21-20(25)22-17-8-6-7-15(3)13-17/h6-10,13-14H,4-5,11-12H2,1-3H3,(H2,21,22,25). The zero-order valence-corrected chi connectivity index (χ0v) is 15.9. The summed E-state index contributed by atoms with van der Waals surface area (Å²) in [7, 11) is 0. The predicted molar refractivity (Wildman–Crippen MR) is 108 cm³/mol. The van der Waals surface area contributed by atoms with E-state index in [1.807, 2.05) is 38.1 Å². The lowest BCUT2D eigenvalue weighted by molar-refractivity contribution is 0.287. The van der Waals surface area contributed by atoms with Gasteiger partial charge in [-0.3, -0.25) is 0 Å². The van der Waals surface area contributed by atoms with E-state index < -0.39 is 0 Å². The Morgan fingerprint density at radius 3 is 2.48 bits per heavy atom. The number of hydrogen-bond acceptors (Lipinski definition) is 3. The molecule has 0 aromatic heterocycles. The van der Waals surface area contributed by atoms with Crippen LogP contribution in [0.1, 0.15) is 25.0 Å². The van der Waals surface area contributed by atoms with Gasteiger partial charge < -0.3 is 20.1 Å². The van der Waals surface area contributed by atoms with Crippen molar-refractivity contribution in [1.82, 2.24) is 5.32 Å². The van der Waals surface area contributed by atoms with Crippen molar-refractivity contribution in [2.24, 2.45) is 0 Å². The molecule has 25 heavy (non-hydrogen) atoms. The lowest BCUT2D eigenvalue weighted by atomic mass is 10.1. The highest BCUT2D eigenvalue weighted by molar-refractivity contribution is 7.80. The van der Waals surface area contributed by atoms with Crippen LogP contribution in [-0.2, 0) is 6.42 Å². The number of hydrogen-bond donors (Lipinski definition) is 2. The minimum absolute atomic E-state index is 0.617. The zero-order valence-electron chi connectivity index (χ0n) is 15.1. The maximum atomic E-state index is 5.66. The third kappa shape index (κ3) is 6.27. The summed E-state index contributed by atoms with van der Waals surface area (Å²) in [5.74, 6) is 1.58. The van der Waals surface area contributed by atoms with Crippen molar-refractivity contribution in [2.45, 2.75) is 27.2 Å². The van der Waals surface area contributed by atoms with Crippen molar-refractivity contribution < 1.29 is 9.47 Å². The highest BCUT2D eigenvalue weighted by Crippen LogP contribution is 2.28. The number of benzene rings is 2. The van der Waals surface area contributed by atoms with E-state index in [0.29, 0.717) is 18.3 Å². The van der Waals surface area contributed by atoms with Gasteiger partial charge in [-0.15, -0.1) is 0 Å². The molecule has 0 spiro atoms. The largest absolute Gasteiger partial charge is 0.490 e. The number of ether oxygens (including phenoxy) is 2. The topological polar surface area (TPSA) is 42.5 Å². The van der Waals surface area contributed by atoms with Gasteiger partial charge in [0.25, 0.3) is 0 Å². The first kappa shape index (κ1) is 19.1. The summed E-state index contributed by atoms with van der Waals surface area (Å²) in [5.41, 5.74) is 3.38. The predicted octanol–water partition coefficient (Wildman–Crippen LogP) is 4.32. The lowest BCUT2D eigenvalue weighted by Gasteiger charge is -2.13. The molecule has 2 N–H and O–H groups in total. The molecule has 0 heterocycles. The van der Waals surface area contributed by atoms with Gasteiger partial charge in [-0.25, -0.2) is 0 Å². The molecule has 0 fully saturated rings. The van der Waals surface area contributed by atoms with Crippen LogP contribution in [0.3, 0.4) is 0 Å². The van der Waals surface area contributed by atoms with Gasteiger partial charge in [-0.05, 0) is 74.8 Å². The minimum atomic E-state index is 0.617. The van der Waals surface area contributed by atoms with Crippen molar-refractivity contribution >= 4 is 23.0 Å². The van der Waals surface area contributed by atoms with Gasteiger partial charge in [0.05, 0.1) is 13.2 Å². The molecule has 0 saturated heterocycles. The first-order valence-corrected chi connectivity index (χ1v) is 9.03. The van der Waals surface area contributed by atoms with E-state index in [-0.39, 0.29) is 0 Å². The third-order valence-electron chi connectivity index (χ3n) is 3.58. The van der Waals surface area contributed by atoms with Crippen LogP contribution in [0.4, 0.5) is 5.69 Å². The van der Waals surface area contributed by atoms with Gasteiger partial charge in [0, 0.05) is 12.2 Å². The first-order chi connectivity index (χ1) is 12.1. The van der Waals surface area contributed by atoms with Crippen LogP contribution < -0.4 is 20.1 Å². The van der Waals surface area contributed by atoms with E-state index in [1.165, 1.54) is 11.1 Å². The van der Waals surface area contributed by atoms with Crippen LogP contribution in [0.5, 0.6) is 11.5 Å². The Morgan fingerprint density at radius 2 is 1.76 bits per heavy atom. The Labute approximate surface area is 155 Å². The number of nitrogens with one attached hydrogen (secondary N) is 2. The number of rotatable bonds is 8. The second-order valence-electron chi connectivity index (χ2n) is 5.65. The molecule has 0 atom stereocenters. The summed E-state index contributed by atoms with van der Waals surface area (Å²) in [6, 6.07) is 14.2. The fraction of sp³-hybridized carbons (Fsp3) is 0.350. The quantitative estimate of drug-likeness (QED) is 0.688. The molecule has 0 radical (unpaired) electrons. The van der Waals surface area contributed by atoms with Crippen molar-refractivity contribution in [3.05, 3.63) is 53.6 Å². The van der Waals surface area contributed by atoms with Crippen LogP contribution in [0, 0.1) is 6.92 Å². The number of anilines is 1. The van der Waals surface area contributed by atoms with E-state index in [0.717, 1.165) is 30.2 Å². The van der Waals surface area contributed by atoms with Gasteiger partial charge in [0.2, 0.25) is 0 Å². The van der Waals surface area contributed by atoms with E-state index in [2.05, 4.69) is 35.8 Å². The van der Waals surface area contributed by atoms with Crippen molar-refractivity contribution in [1.29, 1.82) is 0 Å². The lowest BCUT2D eigenvalue weighted by Crippen LogP contribution is -2.30. The summed E-state index contributed by atoms with van der Waals surface area (Å²) in [6.45, 7) is 7.99. The number of aryl methyl sites for hydroxylation is 1. The molecular weight excluding hydrogens is 332 g/mol. The van der Waals surface area contributed by atoms with E-state index >= 15 is 0 Å². The molecule has 0 aliphatic heterocycles. The second-order valence-corrected chi connectivity index (χ2v) is 6.06. The summed E-state index contributed by atoms with van der Waals surface area (Å²) < 4.78 is 11.3. The zero-order chi connectivity index (χ0) is 18.1. The molecule has 0 unspecified atom stereocenters. The highest BCUT2D eigenvalue weighted by Gasteiger charge is 2.06. The first-order valence-electron chi connectivity index (χ1n) is 8.62. The normalized spacial score (nSPS) is 10.2. The molecule has 134 valence electrons. The minimum Gasteiger partial charge on any atom is -0.490 e. The summed E-state index contributed by atoms with van der Waals surface area (Å²) in [4.78, 5) is 0. The third-order valence-corrected chi connectivity index (χ3v) is 3.83. The van der Waals surface area contributed by atoms with Gasteiger partial charge in [-0.1, -0.05) is 18.2 Å². The van der Waals surface area contributed by atoms with Crippen LogP contribution in [0.25, 0.3) is 0 Å². The van der Waals surface area contributed by atoms with Crippen molar-refractivity contribution in [3.63, 3.8) is 0 Å². The molecule has 0 saturated carbocycles. The maximum Gasteiger partial charge on any atom is 0.170 e. The van der Waals surface area contributed by atoms with Crippen LogP contribution in [-0.4, -0.2) is 24.9 Å². The highest BCUT2D eigenvalue weighted by atomic mass is 32.1. The molecule has 4 nitrogen and oxygen atoms in total. The monoisotopic (exact) mass is 358 g/mol. The molecule has 0 aliphatic rings. The van der Waals surface area contributed by atoms with Gasteiger partial charge in [0.1, 0.15) is 0 Å². The summed E-state index contributed by atoms with van der Waals surface area (Å²) in [6.07, 6.45) is 0.849. The van der Waals surface area contributed by atoms with Gasteiger partial charge in [-0.2, -0.15) is 0 Å². The fourth-order valence-electron chi connectivity index (χ4n) is 2.47. The average Bonchev–Trinajstić information content (AvgIpc) is 2.57. The Morgan fingerprint density at radius 1 is 1.00 bits per heavy atom. The van der Waals surface area contributed by atoms with Crippen LogP contribution in [0.2, 0.25) is 0 Å². The second kappa shape index (κ2) is 9.89. The molecular formula is C20H26N2O2S. The SMILES string of the molecule is CCOc1ccc(CCNC(=S)Nc2cccc(C)c2)cc1OCC. The smallest absolute Gasteiger partial charge is 0.170 e. The van der Waals surface area contributed by atoms with Crippen LogP contribution >= 0.6 is 12.2 Å². The number of thiocarbonyl (C=S) groups is 1. The van der Waals surface area contributed by atoms with Crippen molar-refractivity contribution in [2.75, 3.05) is 25.1 Å². The van der Waals surface area contributed by atoms with Crippen LogP contribution in [0.15, 0.2) is 42.5 Å². The molecule has 2 aromatic carbocycles. The fourth-order valence-corrected chi connectivity index (χ4v) is 2.69. The van der Waals surface area contributed by atoms with E-state index in [4.69, 9.17) is 21.7 Å². The Bertz CT molecular complexity index is 704. The Hall–Kier alpha value is -2.27. The summed E-state index contributed by atoms with van der Waals surface area (Å²) in [5, 5.41) is 7.07. The molecule has 0 amide bonds. The molecule has 0 aliphatic carbocycles. The average molecular weight is 359 g/mol. The Kier molecular flexibility index (Phi) is 7.54. The Balaban J connectivity index is 1.86. The van der Waals surface area contributed by atoms with E-state index in [9.17, 15) is 0 Å². The maximum absolute atomic E-state index is 5.66.